The quantitative estimate of drug-likeness (QED) is 0.680. The lowest BCUT2D eigenvalue weighted by Gasteiger charge is -2.16. The number of para-hydroxylation sites is 1. The van der Waals surface area contributed by atoms with Crippen molar-refractivity contribution >= 4 is 17.3 Å². The van der Waals surface area contributed by atoms with Crippen molar-refractivity contribution in [3.05, 3.63) is 18.2 Å². The van der Waals surface area contributed by atoms with Crippen LogP contribution in [0.3, 0.4) is 0 Å². The van der Waals surface area contributed by atoms with E-state index in [-0.39, 0.29) is 11.9 Å². The highest BCUT2D eigenvalue weighted by atomic mass is 16.5. The SMILES string of the molecule is CCOc1cccc(NC2CNC(=O)C2)c1N. The average molecular weight is 235 g/mol. The molecule has 1 atom stereocenters. The summed E-state index contributed by atoms with van der Waals surface area (Å²) in [7, 11) is 0. The number of carbonyl (C=O) groups excluding carboxylic acids is 1. The molecule has 1 aliphatic heterocycles. The molecule has 1 unspecified atom stereocenters. The van der Waals surface area contributed by atoms with Crippen LogP contribution < -0.4 is 21.1 Å². The highest BCUT2D eigenvalue weighted by Gasteiger charge is 2.21. The number of amides is 1. The third-order valence-corrected chi connectivity index (χ3v) is 2.70. The van der Waals surface area contributed by atoms with Crippen molar-refractivity contribution in [1.29, 1.82) is 0 Å². The normalized spacial score (nSPS) is 18.9. The van der Waals surface area contributed by atoms with E-state index in [1.165, 1.54) is 0 Å². The molecule has 1 heterocycles. The summed E-state index contributed by atoms with van der Waals surface area (Å²) in [6.45, 7) is 3.13. The first-order chi connectivity index (χ1) is 8.20. The van der Waals surface area contributed by atoms with Crippen LogP contribution in [0.4, 0.5) is 11.4 Å². The van der Waals surface area contributed by atoms with Gasteiger partial charge in [-0.3, -0.25) is 4.79 Å². The largest absolute Gasteiger partial charge is 0.492 e. The maximum atomic E-state index is 11.1. The van der Waals surface area contributed by atoms with Crippen molar-refractivity contribution < 1.29 is 9.53 Å². The van der Waals surface area contributed by atoms with Gasteiger partial charge in [0.05, 0.1) is 24.0 Å². The fourth-order valence-electron chi connectivity index (χ4n) is 1.88. The molecule has 1 aromatic rings. The van der Waals surface area contributed by atoms with Crippen LogP contribution in [0.25, 0.3) is 0 Å². The summed E-state index contributed by atoms with van der Waals surface area (Å²) in [6, 6.07) is 5.71. The van der Waals surface area contributed by atoms with Crippen molar-refractivity contribution in [3.8, 4) is 5.75 Å². The van der Waals surface area contributed by atoms with Crippen LogP contribution in [0.15, 0.2) is 18.2 Å². The minimum absolute atomic E-state index is 0.0713. The van der Waals surface area contributed by atoms with Crippen molar-refractivity contribution in [3.63, 3.8) is 0 Å². The van der Waals surface area contributed by atoms with E-state index in [9.17, 15) is 4.79 Å². The van der Waals surface area contributed by atoms with Crippen molar-refractivity contribution in [2.24, 2.45) is 0 Å². The summed E-state index contributed by atoms with van der Waals surface area (Å²) >= 11 is 0. The molecule has 0 saturated carbocycles. The van der Waals surface area contributed by atoms with E-state index in [0.29, 0.717) is 31.0 Å². The number of hydrogen-bond acceptors (Lipinski definition) is 4. The van der Waals surface area contributed by atoms with Gasteiger partial charge >= 0.3 is 0 Å². The molecular formula is C12H17N3O2. The molecule has 17 heavy (non-hydrogen) atoms. The summed E-state index contributed by atoms with van der Waals surface area (Å²) in [4.78, 5) is 11.1. The summed E-state index contributed by atoms with van der Waals surface area (Å²) < 4.78 is 5.42. The van der Waals surface area contributed by atoms with Gasteiger partial charge in [0.2, 0.25) is 5.91 Å². The molecular weight excluding hydrogens is 218 g/mol. The predicted molar refractivity (Wildman–Crippen MR) is 67.1 cm³/mol. The molecule has 92 valence electrons. The Balaban J connectivity index is 2.10. The molecule has 1 amide bonds. The number of nitrogen functional groups attached to an aromatic ring is 1. The number of hydrogen-bond donors (Lipinski definition) is 3. The van der Waals surface area contributed by atoms with Crippen molar-refractivity contribution in [2.45, 2.75) is 19.4 Å². The number of rotatable bonds is 4. The molecule has 4 N–H and O–H groups in total. The van der Waals surface area contributed by atoms with E-state index in [4.69, 9.17) is 10.5 Å². The number of ether oxygens (including phenoxy) is 1. The fourth-order valence-corrected chi connectivity index (χ4v) is 1.88. The molecule has 0 aliphatic carbocycles. The van der Waals surface area contributed by atoms with Crippen LogP contribution >= 0.6 is 0 Å². The molecule has 2 rings (SSSR count). The van der Waals surface area contributed by atoms with Gasteiger partial charge in [0, 0.05) is 13.0 Å². The van der Waals surface area contributed by atoms with Crippen LogP contribution in [-0.2, 0) is 4.79 Å². The van der Waals surface area contributed by atoms with Gasteiger partial charge in [0.15, 0.2) is 0 Å². The number of benzene rings is 1. The third kappa shape index (κ3) is 2.61. The second-order valence-corrected chi connectivity index (χ2v) is 4.00. The maximum absolute atomic E-state index is 11.1. The Morgan fingerprint density at radius 1 is 1.59 bits per heavy atom. The second kappa shape index (κ2) is 4.95. The fraction of sp³-hybridized carbons (Fsp3) is 0.417. The van der Waals surface area contributed by atoms with Gasteiger partial charge in [0.1, 0.15) is 5.75 Å². The maximum Gasteiger partial charge on any atom is 0.222 e. The van der Waals surface area contributed by atoms with Gasteiger partial charge in [-0.1, -0.05) is 6.07 Å². The minimum atomic E-state index is 0.0713. The zero-order chi connectivity index (χ0) is 12.3. The molecule has 1 aromatic carbocycles. The van der Waals surface area contributed by atoms with E-state index in [0.717, 1.165) is 5.69 Å². The predicted octanol–water partition coefficient (Wildman–Crippen LogP) is 0.968. The number of nitrogens with one attached hydrogen (secondary N) is 2. The molecule has 0 radical (unpaired) electrons. The highest BCUT2D eigenvalue weighted by molar-refractivity contribution is 5.81. The lowest BCUT2D eigenvalue weighted by atomic mass is 10.2. The van der Waals surface area contributed by atoms with Gasteiger partial charge in [-0.05, 0) is 19.1 Å². The van der Waals surface area contributed by atoms with Gasteiger partial charge in [0.25, 0.3) is 0 Å². The highest BCUT2D eigenvalue weighted by Crippen LogP contribution is 2.30. The summed E-state index contributed by atoms with van der Waals surface area (Å²) in [5.74, 6) is 0.747. The number of carbonyl (C=O) groups is 1. The first-order valence-corrected chi connectivity index (χ1v) is 5.75. The van der Waals surface area contributed by atoms with E-state index in [2.05, 4.69) is 10.6 Å². The van der Waals surface area contributed by atoms with Gasteiger partial charge in [-0.15, -0.1) is 0 Å². The first-order valence-electron chi connectivity index (χ1n) is 5.75. The zero-order valence-electron chi connectivity index (χ0n) is 9.82. The average Bonchev–Trinajstić information content (AvgIpc) is 2.70. The minimum Gasteiger partial charge on any atom is -0.492 e. The molecule has 1 fully saturated rings. The Morgan fingerprint density at radius 2 is 2.41 bits per heavy atom. The van der Waals surface area contributed by atoms with Crippen LogP contribution in [0.5, 0.6) is 5.75 Å². The smallest absolute Gasteiger partial charge is 0.222 e. The Labute approximate surface area is 100 Å². The molecule has 0 bridgehead atoms. The van der Waals surface area contributed by atoms with Crippen LogP contribution in [-0.4, -0.2) is 25.1 Å². The number of anilines is 2. The Morgan fingerprint density at radius 3 is 3.06 bits per heavy atom. The van der Waals surface area contributed by atoms with Gasteiger partial charge in [-0.2, -0.15) is 0 Å². The molecule has 1 aliphatic rings. The lowest BCUT2D eigenvalue weighted by Crippen LogP contribution is -2.22. The molecule has 0 aromatic heterocycles. The van der Waals surface area contributed by atoms with Gasteiger partial charge in [-0.25, -0.2) is 0 Å². The summed E-state index contributed by atoms with van der Waals surface area (Å²) in [6.07, 6.45) is 0.484. The third-order valence-electron chi connectivity index (χ3n) is 2.70. The molecule has 5 nitrogen and oxygen atoms in total. The number of nitrogens with two attached hydrogens (primary N) is 1. The summed E-state index contributed by atoms with van der Waals surface area (Å²) in [5, 5.41) is 6.03. The van der Waals surface area contributed by atoms with Crippen LogP contribution in [0, 0.1) is 0 Å². The molecule has 1 saturated heterocycles. The van der Waals surface area contributed by atoms with Crippen LogP contribution in [0.1, 0.15) is 13.3 Å². The van der Waals surface area contributed by atoms with Gasteiger partial charge < -0.3 is 21.1 Å². The first kappa shape index (κ1) is 11.6. The molecule has 0 spiro atoms. The van der Waals surface area contributed by atoms with E-state index in [1.807, 2.05) is 25.1 Å². The van der Waals surface area contributed by atoms with E-state index < -0.39 is 0 Å². The zero-order valence-corrected chi connectivity index (χ0v) is 9.82. The second-order valence-electron chi connectivity index (χ2n) is 4.00. The van der Waals surface area contributed by atoms with E-state index >= 15 is 0 Å². The van der Waals surface area contributed by atoms with Crippen molar-refractivity contribution in [2.75, 3.05) is 24.2 Å². The van der Waals surface area contributed by atoms with E-state index in [1.54, 1.807) is 0 Å². The lowest BCUT2D eigenvalue weighted by molar-refractivity contribution is -0.119. The Kier molecular flexibility index (Phi) is 3.37. The Hall–Kier alpha value is -1.91. The van der Waals surface area contributed by atoms with Crippen LogP contribution in [0.2, 0.25) is 0 Å². The Bertz CT molecular complexity index is 420. The monoisotopic (exact) mass is 235 g/mol. The molecule has 5 heteroatoms. The van der Waals surface area contributed by atoms with Crippen molar-refractivity contribution in [1.82, 2.24) is 5.32 Å². The summed E-state index contributed by atoms with van der Waals surface area (Å²) in [5.41, 5.74) is 7.40. The standard InChI is InChI=1S/C12H17N3O2/c1-2-17-10-5-3-4-9(12(10)13)15-8-6-11(16)14-7-8/h3-5,8,15H,2,6-7,13H2,1H3,(H,14,16). The topological polar surface area (TPSA) is 76.4 Å².